The topological polar surface area (TPSA) is 69.6 Å². The molecule has 0 unspecified atom stereocenters. The highest BCUT2D eigenvalue weighted by atomic mass is 19.1. The van der Waals surface area contributed by atoms with Crippen LogP contribution in [0.3, 0.4) is 0 Å². The molecule has 0 saturated carbocycles. The zero-order valence-corrected chi connectivity index (χ0v) is 11.1. The van der Waals surface area contributed by atoms with Gasteiger partial charge in [-0.3, -0.25) is 4.79 Å². The molecule has 0 heterocycles. The molecule has 1 aromatic carbocycles. The largest absolute Gasteiger partial charge is 0.491 e. The molecule has 0 fully saturated rings. The van der Waals surface area contributed by atoms with Crippen LogP contribution in [0.4, 0.5) is 4.39 Å². The lowest BCUT2D eigenvalue weighted by Crippen LogP contribution is -2.32. The molecule has 0 atom stereocenters. The van der Waals surface area contributed by atoms with Crippen LogP contribution in [0, 0.1) is 5.82 Å². The number of nitrogens with one attached hydrogen (secondary N) is 1. The third kappa shape index (κ3) is 6.49. The predicted molar refractivity (Wildman–Crippen MR) is 70.4 cm³/mol. The van der Waals surface area contributed by atoms with Crippen LogP contribution in [0.25, 0.3) is 0 Å². The Morgan fingerprint density at radius 1 is 1.33 bits per heavy atom. The molecule has 0 radical (unpaired) electrons. The number of halogens is 1. The maximum absolute atomic E-state index is 12.8. The quantitative estimate of drug-likeness (QED) is 0.526. The maximum Gasteiger partial charge on any atom is 0.491 e. The predicted octanol–water partition coefficient (Wildman–Crippen LogP) is 0.322. The molecule has 0 aliphatic rings. The van der Waals surface area contributed by atoms with Crippen molar-refractivity contribution in [2.45, 2.75) is 26.3 Å². The number of carbonyl (C=O) groups is 1. The second kappa shape index (κ2) is 7.26. The summed E-state index contributed by atoms with van der Waals surface area (Å²) in [5, 5.41) is 20.3. The summed E-state index contributed by atoms with van der Waals surface area (Å²) in [5.74, 6) is -0.797. The zero-order chi connectivity index (χ0) is 14.3. The van der Waals surface area contributed by atoms with Crippen molar-refractivity contribution in [1.82, 2.24) is 5.32 Å². The van der Waals surface area contributed by atoms with Gasteiger partial charge in [-0.15, -0.1) is 0 Å². The minimum absolute atomic E-state index is 0.164. The van der Waals surface area contributed by atoms with Crippen LogP contribution in [0.5, 0.6) is 0 Å². The Balaban J connectivity index is 0.000000411. The van der Waals surface area contributed by atoms with Crippen LogP contribution < -0.4 is 10.8 Å². The number of aldehydes is 1. The first-order chi connectivity index (χ1) is 8.21. The van der Waals surface area contributed by atoms with E-state index in [-0.39, 0.29) is 11.0 Å². The summed E-state index contributed by atoms with van der Waals surface area (Å²) in [6, 6.07) is 3.41. The lowest BCUT2D eigenvalue weighted by Gasteiger charge is -2.15. The minimum atomic E-state index is -1.84. The standard InChI is InChI=1S/C7H6BFO3.C5H13N/c9-7-3-5(4-10)1-2-6(7)8(11)12;1-5(2,3)6-4/h1-4,11-12H;6H,1-4H3. The van der Waals surface area contributed by atoms with Gasteiger partial charge in [0, 0.05) is 16.6 Å². The van der Waals surface area contributed by atoms with Crippen LogP contribution in [-0.4, -0.2) is 36.0 Å². The number of benzene rings is 1. The average Bonchev–Trinajstić information content (AvgIpc) is 2.28. The van der Waals surface area contributed by atoms with Gasteiger partial charge in [0.15, 0.2) is 0 Å². The van der Waals surface area contributed by atoms with Crippen LogP contribution in [0.2, 0.25) is 0 Å². The van der Waals surface area contributed by atoms with Crippen LogP contribution in [0.15, 0.2) is 18.2 Å². The van der Waals surface area contributed by atoms with Crippen molar-refractivity contribution < 1.29 is 19.2 Å². The SMILES string of the molecule is CNC(C)(C)C.O=Cc1ccc(B(O)O)c(F)c1. The van der Waals surface area contributed by atoms with Gasteiger partial charge in [0.2, 0.25) is 0 Å². The van der Waals surface area contributed by atoms with E-state index < -0.39 is 12.9 Å². The lowest BCUT2D eigenvalue weighted by molar-refractivity contribution is 0.112. The summed E-state index contributed by atoms with van der Waals surface area (Å²) in [6.07, 6.45) is 0.483. The maximum atomic E-state index is 12.8. The first-order valence-electron chi connectivity index (χ1n) is 5.51. The van der Waals surface area contributed by atoms with Gasteiger partial charge in [0.1, 0.15) is 12.1 Å². The minimum Gasteiger partial charge on any atom is -0.423 e. The van der Waals surface area contributed by atoms with Gasteiger partial charge < -0.3 is 15.4 Å². The van der Waals surface area contributed by atoms with Crippen molar-refractivity contribution in [3.8, 4) is 0 Å². The van der Waals surface area contributed by atoms with Gasteiger partial charge in [-0.25, -0.2) is 4.39 Å². The molecule has 0 aromatic heterocycles. The second-order valence-corrected chi connectivity index (χ2v) is 4.77. The molecule has 0 amide bonds. The van der Waals surface area contributed by atoms with E-state index in [9.17, 15) is 9.18 Å². The molecule has 3 N–H and O–H groups in total. The lowest BCUT2D eigenvalue weighted by atomic mass is 9.79. The zero-order valence-electron chi connectivity index (χ0n) is 11.1. The number of hydrogen-bond acceptors (Lipinski definition) is 4. The van der Waals surface area contributed by atoms with Gasteiger partial charge >= 0.3 is 7.12 Å². The van der Waals surface area contributed by atoms with Crippen molar-refractivity contribution in [3.05, 3.63) is 29.6 Å². The number of carbonyl (C=O) groups excluding carboxylic acids is 1. The monoisotopic (exact) mass is 255 g/mol. The van der Waals surface area contributed by atoms with Gasteiger partial charge in [0.25, 0.3) is 0 Å². The van der Waals surface area contributed by atoms with Gasteiger partial charge in [-0.2, -0.15) is 0 Å². The summed E-state index contributed by atoms with van der Waals surface area (Å²) in [6.45, 7) is 6.40. The molecule has 100 valence electrons. The molecule has 0 spiro atoms. The molecule has 0 aliphatic heterocycles. The molecular weight excluding hydrogens is 236 g/mol. The summed E-state index contributed by atoms with van der Waals surface area (Å²) >= 11 is 0. The molecule has 0 bridgehead atoms. The number of rotatable bonds is 2. The number of hydrogen-bond donors (Lipinski definition) is 3. The Bertz CT molecular complexity index is 391. The van der Waals surface area contributed by atoms with E-state index in [0.717, 1.165) is 12.1 Å². The van der Waals surface area contributed by atoms with Gasteiger partial charge in [0.05, 0.1) is 0 Å². The molecule has 0 aliphatic carbocycles. The van der Waals surface area contributed by atoms with Crippen molar-refractivity contribution in [1.29, 1.82) is 0 Å². The van der Waals surface area contributed by atoms with Gasteiger partial charge in [-0.05, 0) is 33.9 Å². The van der Waals surface area contributed by atoms with Gasteiger partial charge in [-0.1, -0.05) is 12.1 Å². The van der Waals surface area contributed by atoms with Crippen LogP contribution >= 0.6 is 0 Å². The van der Waals surface area contributed by atoms with E-state index in [1.54, 1.807) is 0 Å². The Morgan fingerprint density at radius 3 is 2.11 bits per heavy atom. The highest BCUT2D eigenvalue weighted by molar-refractivity contribution is 6.58. The van der Waals surface area contributed by atoms with E-state index in [1.807, 2.05) is 7.05 Å². The Kier molecular flexibility index (Phi) is 6.76. The van der Waals surface area contributed by atoms with Crippen molar-refractivity contribution in [2.24, 2.45) is 0 Å². The smallest absolute Gasteiger partial charge is 0.423 e. The first kappa shape index (κ1) is 16.8. The fraction of sp³-hybridized carbons (Fsp3) is 0.417. The van der Waals surface area contributed by atoms with Crippen LogP contribution in [0.1, 0.15) is 31.1 Å². The highest BCUT2D eigenvalue weighted by Gasteiger charge is 2.15. The van der Waals surface area contributed by atoms with Crippen LogP contribution in [-0.2, 0) is 0 Å². The van der Waals surface area contributed by atoms with Crippen molar-refractivity contribution in [2.75, 3.05) is 7.05 Å². The molecule has 18 heavy (non-hydrogen) atoms. The fourth-order valence-corrected chi connectivity index (χ4v) is 0.826. The Labute approximate surface area is 107 Å². The van der Waals surface area contributed by atoms with E-state index in [4.69, 9.17) is 10.0 Å². The molecule has 6 heteroatoms. The molecule has 0 saturated heterocycles. The van der Waals surface area contributed by atoms with E-state index >= 15 is 0 Å². The summed E-state index contributed by atoms with van der Waals surface area (Å²) in [7, 11) is 0.116. The Hall–Kier alpha value is -1.24. The summed E-state index contributed by atoms with van der Waals surface area (Å²) in [4.78, 5) is 10.1. The summed E-state index contributed by atoms with van der Waals surface area (Å²) in [5.41, 5.74) is 0.220. The van der Waals surface area contributed by atoms with E-state index in [2.05, 4.69) is 26.1 Å². The normalized spacial score (nSPS) is 10.4. The molecule has 4 nitrogen and oxygen atoms in total. The highest BCUT2D eigenvalue weighted by Crippen LogP contribution is 1.99. The molecular formula is C12H19BFNO3. The molecule has 1 aromatic rings. The second-order valence-electron chi connectivity index (χ2n) is 4.77. The fourth-order valence-electron chi connectivity index (χ4n) is 0.826. The first-order valence-corrected chi connectivity index (χ1v) is 5.51. The third-order valence-electron chi connectivity index (χ3n) is 2.19. The molecule has 1 rings (SSSR count). The van der Waals surface area contributed by atoms with Crippen molar-refractivity contribution in [3.63, 3.8) is 0 Å². The van der Waals surface area contributed by atoms with Crippen molar-refractivity contribution >= 4 is 18.9 Å². The third-order valence-corrected chi connectivity index (χ3v) is 2.19. The average molecular weight is 255 g/mol. The Morgan fingerprint density at radius 2 is 1.83 bits per heavy atom. The van der Waals surface area contributed by atoms with E-state index in [1.165, 1.54) is 6.07 Å². The summed E-state index contributed by atoms with van der Waals surface area (Å²) < 4.78 is 12.8. The van der Waals surface area contributed by atoms with E-state index in [0.29, 0.717) is 11.8 Å².